The van der Waals surface area contributed by atoms with Crippen LogP contribution in [0.1, 0.15) is 5.69 Å². The molecule has 0 saturated heterocycles. The molecule has 0 aliphatic carbocycles. The summed E-state index contributed by atoms with van der Waals surface area (Å²) < 4.78 is 2.01. The summed E-state index contributed by atoms with van der Waals surface area (Å²) in [7, 11) is 0. The Morgan fingerprint density at radius 3 is 3.00 bits per heavy atom. The smallest absolute Gasteiger partial charge is 0.150 e. The largest absolute Gasteiger partial charge is 0.324 e. The normalized spacial score (nSPS) is 10.7. The van der Waals surface area contributed by atoms with Crippen LogP contribution < -0.4 is 11.3 Å². The van der Waals surface area contributed by atoms with Gasteiger partial charge in [0.2, 0.25) is 0 Å². The fraction of sp³-hybridized carbons (Fsp3) is 0.0769. The first-order chi connectivity index (χ1) is 9.78. The number of nitrogens with two attached hydrogens (primary N) is 1. The van der Waals surface area contributed by atoms with Crippen LogP contribution in [0.25, 0.3) is 10.7 Å². The Kier molecular flexibility index (Phi) is 3.68. The molecule has 0 bridgehead atoms. The van der Waals surface area contributed by atoms with Gasteiger partial charge in [-0.1, -0.05) is 17.7 Å². The van der Waals surface area contributed by atoms with Crippen molar-refractivity contribution in [2.75, 3.05) is 5.43 Å². The van der Waals surface area contributed by atoms with E-state index in [1.165, 1.54) is 0 Å². The van der Waals surface area contributed by atoms with Crippen molar-refractivity contribution in [1.29, 1.82) is 0 Å². The van der Waals surface area contributed by atoms with E-state index in [-0.39, 0.29) is 0 Å². The van der Waals surface area contributed by atoms with Gasteiger partial charge < -0.3 is 9.99 Å². The molecule has 7 heteroatoms. The van der Waals surface area contributed by atoms with E-state index in [1.54, 1.807) is 29.7 Å². The topological polar surface area (TPSA) is 68.8 Å². The van der Waals surface area contributed by atoms with Crippen molar-refractivity contribution >= 4 is 28.8 Å². The predicted molar refractivity (Wildman–Crippen MR) is 81.7 cm³/mol. The molecule has 0 aromatic carbocycles. The van der Waals surface area contributed by atoms with Crippen LogP contribution in [0.3, 0.4) is 0 Å². The number of halogens is 1. The van der Waals surface area contributed by atoms with Crippen LogP contribution >= 0.6 is 22.9 Å². The highest BCUT2D eigenvalue weighted by Gasteiger charge is 2.10. The van der Waals surface area contributed by atoms with Gasteiger partial charge in [-0.05, 0) is 23.6 Å². The lowest BCUT2D eigenvalue weighted by Gasteiger charge is -2.09. The summed E-state index contributed by atoms with van der Waals surface area (Å²) in [6.45, 7) is 0.543. The number of rotatable bonds is 4. The lowest BCUT2D eigenvalue weighted by molar-refractivity contribution is 0.784. The van der Waals surface area contributed by atoms with Crippen LogP contribution in [0.5, 0.6) is 0 Å². The highest BCUT2D eigenvalue weighted by molar-refractivity contribution is 7.13. The average molecular weight is 306 g/mol. The van der Waals surface area contributed by atoms with Crippen LogP contribution in [0.4, 0.5) is 5.82 Å². The molecule has 0 aliphatic rings. The maximum Gasteiger partial charge on any atom is 0.150 e. The third-order valence-electron chi connectivity index (χ3n) is 2.84. The SMILES string of the molecule is NNc1ccc(Cl)c(Cn2ccnc2-c2cccs2)n1. The van der Waals surface area contributed by atoms with Crippen LogP contribution in [-0.2, 0) is 6.54 Å². The molecule has 3 aromatic heterocycles. The number of imidazole rings is 1. The predicted octanol–water partition coefficient (Wildman–Crippen LogP) is 2.99. The average Bonchev–Trinajstić information content (AvgIpc) is 3.11. The van der Waals surface area contributed by atoms with E-state index in [0.717, 1.165) is 16.4 Å². The number of hydrogen-bond donors (Lipinski definition) is 2. The minimum Gasteiger partial charge on any atom is -0.324 e. The van der Waals surface area contributed by atoms with E-state index in [1.807, 2.05) is 28.3 Å². The van der Waals surface area contributed by atoms with E-state index in [9.17, 15) is 0 Å². The minimum atomic E-state index is 0.543. The van der Waals surface area contributed by atoms with Gasteiger partial charge in [0, 0.05) is 12.4 Å². The van der Waals surface area contributed by atoms with Gasteiger partial charge >= 0.3 is 0 Å². The molecular weight excluding hydrogens is 294 g/mol. The standard InChI is InChI=1S/C13H12ClN5S/c14-9-3-4-12(18-15)17-10(9)8-19-6-5-16-13(19)11-2-1-7-20-11/h1-7H,8,15H2,(H,17,18). The van der Waals surface area contributed by atoms with Gasteiger partial charge in [0.25, 0.3) is 0 Å². The number of nitrogen functional groups attached to an aromatic ring is 1. The molecule has 5 nitrogen and oxygen atoms in total. The van der Waals surface area contributed by atoms with E-state index in [2.05, 4.69) is 15.4 Å². The van der Waals surface area contributed by atoms with E-state index < -0.39 is 0 Å². The lowest BCUT2D eigenvalue weighted by atomic mass is 10.3. The van der Waals surface area contributed by atoms with E-state index in [0.29, 0.717) is 17.4 Å². The monoisotopic (exact) mass is 305 g/mol. The number of nitrogens with zero attached hydrogens (tertiary/aromatic N) is 3. The zero-order valence-electron chi connectivity index (χ0n) is 10.5. The molecule has 0 amide bonds. The Hall–Kier alpha value is -1.89. The van der Waals surface area contributed by atoms with Crippen LogP contribution in [0.15, 0.2) is 42.0 Å². The van der Waals surface area contributed by atoms with Crippen molar-refractivity contribution in [2.24, 2.45) is 5.84 Å². The summed E-state index contributed by atoms with van der Waals surface area (Å²) in [6.07, 6.45) is 3.68. The summed E-state index contributed by atoms with van der Waals surface area (Å²) in [4.78, 5) is 9.87. The van der Waals surface area contributed by atoms with Crippen LogP contribution in [-0.4, -0.2) is 14.5 Å². The zero-order valence-corrected chi connectivity index (χ0v) is 12.0. The van der Waals surface area contributed by atoms with Crippen LogP contribution in [0, 0.1) is 0 Å². The molecule has 102 valence electrons. The van der Waals surface area contributed by atoms with Gasteiger partial charge in [0.1, 0.15) is 11.6 Å². The first-order valence-electron chi connectivity index (χ1n) is 5.95. The van der Waals surface area contributed by atoms with Gasteiger partial charge in [-0.2, -0.15) is 0 Å². The van der Waals surface area contributed by atoms with E-state index >= 15 is 0 Å². The van der Waals surface area contributed by atoms with Crippen molar-refractivity contribution in [1.82, 2.24) is 14.5 Å². The second-order valence-electron chi connectivity index (χ2n) is 4.13. The molecule has 0 atom stereocenters. The quantitative estimate of drug-likeness (QED) is 0.574. The number of hydrogen-bond acceptors (Lipinski definition) is 5. The maximum atomic E-state index is 6.19. The number of anilines is 1. The van der Waals surface area contributed by atoms with Gasteiger partial charge in [-0.3, -0.25) is 0 Å². The molecule has 0 saturated carbocycles. The summed E-state index contributed by atoms with van der Waals surface area (Å²) in [5, 5.41) is 2.63. The molecule has 3 N–H and O–H groups in total. The van der Waals surface area contributed by atoms with Crippen molar-refractivity contribution in [3.63, 3.8) is 0 Å². The highest BCUT2D eigenvalue weighted by atomic mass is 35.5. The Balaban J connectivity index is 1.94. The summed E-state index contributed by atoms with van der Waals surface area (Å²) in [5.41, 5.74) is 3.27. The third kappa shape index (κ3) is 2.53. The Morgan fingerprint density at radius 1 is 1.35 bits per heavy atom. The molecule has 0 unspecified atom stereocenters. The first kappa shape index (κ1) is 13.1. The van der Waals surface area contributed by atoms with Gasteiger partial charge in [0.05, 0.1) is 22.1 Å². The van der Waals surface area contributed by atoms with Crippen molar-refractivity contribution in [2.45, 2.75) is 6.54 Å². The fourth-order valence-electron chi connectivity index (χ4n) is 1.90. The molecular formula is C13H12ClN5S. The van der Waals surface area contributed by atoms with Gasteiger partial charge in [-0.15, -0.1) is 11.3 Å². The summed E-state index contributed by atoms with van der Waals surface area (Å²) in [5.74, 6) is 6.87. The van der Waals surface area contributed by atoms with Gasteiger partial charge in [-0.25, -0.2) is 15.8 Å². The highest BCUT2D eigenvalue weighted by Crippen LogP contribution is 2.25. The third-order valence-corrected chi connectivity index (χ3v) is 4.05. The number of pyridine rings is 1. The molecule has 0 radical (unpaired) electrons. The molecule has 3 heterocycles. The van der Waals surface area contributed by atoms with Crippen molar-refractivity contribution in [3.05, 3.63) is 52.8 Å². The number of nitrogens with one attached hydrogen (secondary N) is 1. The second kappa shape index (κ2) is 5.62. The Bertz CT molecular complexity index is 707. The van der Waals surface area contributed by atoms with Crippen molar-refractivity contribution < 1.29 is 0 Å². The number of thiophene rings is 1. The molecule has 20 heavy (non-hydrogen) atoms. The van der Waals surface area contributed by atoms with Gasteiger partial charge in [0.15, 0.2) is 0 Å². The Labute approximate surface area is 125 Å². The fourth-order valence-corrected chi connectivity index (χ4v) is 2.81. The minimum absolute atomic E-state index is 0.543. The first-order valence-corrected chi connectivity index (χ1v) is 7.21. The Morgan fingerprint density at radius 2 is 2.25 bits per heavy atom. The molecule has 3 rings (SSSR count). The molecule has 3 aromatic rings. The number of aromatic nitrogens is 3. The molecule has 0 aliphatic heterocycles. The molecule has 0 spiro atoms. The zero-order chi connectivity index (χ0) is 13.9. The van der Waals surface area contributed by atoms with Crippen molar-refractivity contribution in [3.8, 4) is 10.7 Å². The second-order valence-corrected chi connectivity index (χ2v) is 5.48. The summed E-state index contributed by atoms with van der Waals surface area (Å²) in [6, 6.07) is 7.56. The summed E-state index contributed by atoms with van der Waals surface area (Å²) >= 11 is 7.83. The maximum absolute atomic E-state index is 6.19. The molecule has 0 fully saturated rings. The van der Waals surface area contributed by atoms with Crippen LogP contribution in [0.2, 0.25) is 5.02 Å². The van der Waals surface area contributed by atoms with E-state index in [4.69, 9.17) is 17.4 Å². The number of hydrazine groups is 1. The lowest BCUT2D eigenvalue weighted by Crippen LogP contribution is -2.11.